The Morgan fingerprint density at radius 3 is 2.42 bits per heavy atom. The molecule has 0 bridgehead atoms. The average Bonchev–Trinajstić information content (AvgIpc) is 3.07. The molecule has 0 radical (unpaired) electrons. The summed E-state index contributed by atoms with van der Waals surface area (Å²) < 4.78 is 6.61. The van der Waals surface area contributed by atoms with Crippen molar-refractivity contribution in [2.45, 2.75) is 20.8 Å². The summed E-state index contributed by atoms with van der Waals surface area (Å²) in [6, 6.07) is 9.80. The third-order valence-electron chi connectivity index (χ3n) is 3.82. The normalized spacial score (nSPS) is 11.3. The molecule has 2 heterocycles. The number of hydrogen-bond acceptors (Lipinski definition) is 5. The number of para-hydroxylation sites is 1. The molecule has 0 aliphatic heterocycles. The first-order chi connectivity index (χ1) is 11.5. The van der Waals surface area contributed by atoms with Gasteiger partial charge in [-0.05, 0) is 39.0 Å². The number of hydrogen-bond donors (Lipinski definition) is 0. The van der Waals surface area contributed by atoms with Crippen molar-refractivity contribution in [2.75, 3.05) is 0 Å². The van der Waals surface area contributed by atoms with Crippen LogP contribution in [0.4, 0.5) is 5.88 Å². The van der Waals surface area contributed by atoms with E-state index < -0.39 is 4.92 Å². The summed E-state index contributed by atoms with van der Waals surface area (Å²) in [5.41, 5.74) is 4.50. The average molecular weight is 324 g/mol. The Balaban J connectivity index is 2.02. The SMILES string of the molecule is Cc1noc([N+](=O)[O-])c1/C=C/c1c(C)nn(-c2ccccc2)c1C. The maximum atomic E-state index is 11.0. The maximum absolute atomic E-state index is 11.0. The molecular weight excluding hydrogens is 308 g/mol. The molecule has 0 amide bonds. The van der Waals surface area contributed by atoms with Gasteiger partial charge in [-0.2, -0.15) is 5.10 Å². The van der Waals surface area contributed by atoms with Crippen molar-refractivity contribution in [1.29, 1.82) is 0 Å². The van der Waals surface area contributed by atoms with Crippen LogP contribution in [0.15, 0.2) is 34.9 Å². The first-order valence-electron chi connectivity index (χ1n) is 7.39. The molecule has 7 heteroatoms. The van der Waals surface area contributed by atoms with E-state index in [1.807, 2.05) is 54.9 Å². The predicted molar refractivity (Wildman–Crippen MR) is 89.9 cm³/mol. The van der Waals surface area contributed by atoms with Gasteiger partial charge in [-0.25, -0.2) is 4.68 Å². The van der Waals surface area contributed by atoms with E-state index in [0.29, 0.717) is 11.3 Å². The monoisotopic (exact) mass is 324 g/mol. The molecule has 0 saturated carbocycles. The molecule has 122 valence electrons. The summed E-state index contributed by atoms with van der Waals surface area (Å²) >= 11 is 0. The minimum atomic E-state index is -0.577. The van der Waals surface area contributed by atoms with Crippen LogP contribution in [0.3, 0.4) is 0 Å². The smallest absolute Gasteiger partial charge is 0.288 e. The second-order valence-electron chi connectivity index (χ2n) is 5.41. The molecule has 1 aromatic carbocycles. The summed E-state index contributed by atoms with van der Waals surface area (Å²) in [7, 11) is 0. The summed E-state index contributed by atoms with van der Waals surface area (Å²) in [6.07, 6.45) is 3.46. The number of benzene rings is 1. The van der Waals surface area contributed by atoms with Gasteiger partial charge in [-0.3, -0.25) is 14.6 Å². The van der Waals surface area contributed by atoms with Gasteiger partial charge in [0.2, 0.25) is 0 Å². The van der Waals surface area contributed by atoms with Gasteiger partial charge in [0.05, 0.1) is 17.1 Å². The van der Waals surface area contributed by atoms with Crippen LogP contribution in [-0.4, -0.2) is 19.9 Å². The molecule has 7 nitrogen and oxygen atoms in total. The highest BCUT2D eigenvalue weighted by atomic mass is 16.7. The number of nitro groups is 1. The Bertz CT molecular complexity index is 923. The molecular formula is C17H16N4O3. The zero-order valence-corrected chi connectivity index (χ0v) is 13.6. The highest BCUT2D eigenvalue weighted by Gasteiger charge is 2.21. The quantitative estimate of drug-likeness (QED) is 0.537. The maximum Gasteiger partial charge on any atom is 0.463 e. The molecule has 0 aliphatic rings. The molecule has 3 aromatic rings. The van der Waals surface area contributed by atoms with Crippen molar-refractivity contribution in [3.63, 3.8) is 0 Å². The number of aromatic nitrogens is 3. The van der Waals surface area contributed by atoms with Crippen LogP contribution in [0.1, 0.15) is 28.2 Å². The minimum Gasteiger partial charge on any atom is -0.288 e. The van der Waals surface area contributed by atoms with Crippen LogP contribution in [0, 0.1) is 30.9 Å². The lowest BCUT2D eigenvalue weighted by Gasteiger charge is -2.03. The van der Waals surface area contributed by atoms with E-state index in [1.54, 1.807) is 13.0 Å². The summed E-state index contributed by atoms with van der Waals surface area (Å²) in [5, 5.41) is 19.2. The second kappa shape index (κ2) is 6.11. The Morgan fingerprint density at radius 1 is 1.08 bits per heavy atom. The third kappa shape index (κ3) is 2.71. The lowest BCUT2D eigenvalue weighted by molar-refractivity contribution is -0.404. The van der Waals surface area contributed by atoms with Gasteiger partial charge in [0.15, 0.2) is 0 Å². The molecule has 24 heavy (non-hydrogen) atoms. The van der Waals surface area contributed by atoms with Crippen LogP contribution in [0.2, 0.25) is 0 Å². The van der Waals surface area contributed by atoms with E-state index in [4.69, 9.17) is 4.52 Å². The van der Waals surface area contributed by atoms with Crippen LogP contribution < -0.4 is 0 Å². The van der Waals surface area contributed by atoms with Gasteiger partial charge in [0.1, 0.15) is 10.5 Å². The number of aryl methyl sites for hydroxylation is 2. The lowest BCUT2D eigenvalue weighted by atomic mass is 10.1. The van der Waals surface area contributed by atoms with Crippen molar-refractivity contribution >= 4 is 18.0 Å². The molecule has 0 aliphatic carbocycles. The largest absolute Gasteiger partial charge is 0.463 e. The van der Waals surface area contributed by atoms with Gasteiger partial charge in [-0.1, -0.05) is 29.4 Å². The second-order valence-corrected chi connectivity index (χ2v) is 5.41. The van der Waals surface area contributed by atoms with Gasteiger partial charge in [0, 0.05) is 11.3 Å². The van der Waals surface area contributed by atoms with E-state index in [2.05, 4.69) is 10.3 Å². The molecule has 0 atom stereocenters. The van der Waals surface area contributed by atoms with Crippen LogP contribution in [0.25, 0.3) is 17.8 Å². The zero-order chi connectivity index (χ0) is 17.3. The van der Waals surface area contributed by atoms with Crippen molar-refractivity contribution in [2.24, 2.45) is 0 Å². The Labute approximate surface area is 138 Å². The molecule has 0 N–H and O–H groups in total. The molecule has 0 fully saturated rings. The molecule has 0 unspecified atom stereocenters. The number of rotatable bonds is 4. The lowest BCUT2D eigenvalue weighted by Crippen LogP contribution is -1.98. The minimum absolute atomic E-state index is 0.352. The van der Waals surface area contributed by atoms with E-state index in [9.17, 15) is 10.1 Å². The topological polar surface area (TPSA) is 87.0 Å². The first-order valence-corrected chi connectivity index (χ1v) is 7.39. The molecule has 2 aromatic heterocycles. The zero-order valence-electron chi connectivity index (χ0n) is 13.6. The van der Waals surface area contributed by atoms with Crippen LogP contribution in [-0.2, 0) is 0 Å². The van der Waals surface area contributed by atoms with Gasteiger partial charge >= 0.3 is 5.88 Å². The van der Waals surface area contributed by atoms with Crippen LogP contribution in [0.5, 0.6) is 0 Å². The van der Waals surface area contributed by atoms with Crippen molar-refractivity contribution in [3.05, 3.63) is 68.7 Å². The number of nitrogens with zero attached hydrogens (tertiary/aromatic N) is 4. The third-order valence-corrected chi connectivity index (χ3v) is 3.82. The van der Waals surface area contributed by atoms with Crippen molar-refractivity contribution in [1.82, 2.24) is 14.9 Å². The highest BCUT2D eigenvalue weighted by Crippen LogP contribution is 2.26. The highest BCUT2D eigenvalue weighted by molar-refractivity contribution is 5.75. The fraction of sp³-hybridized carbons (Fsp3) is 0.176. The summed E-state index contributed by atoms with van der Waals surface area (Å²) in [4.78, 5) is 10.4. The van der Waals surface area contributed by atoms with Crippen molar-refractivity contribution in [3.8, 4) is 5.69 Å². The summed E-state index contributed by atoms with van der Waals surface area (Å²) in [5.74, 6) is -0.352. The molecule has 0 saturated heterocycles. The Hall–Kier alpha value is -3.22. The summed E-state index contributed by atoms with van der Waals surface area (Å²) in [6.45, 7) is 5.53. The van der Waals surface area contributed by atoms with Gasteiger partial charge in [0.25, 0.3) is 0 Å². The van der Waals surface area contributed by atoms with Gasteiger partial charge in [-0.15, -0.1) is 0 Å². The standard InChI is InChI=1S/C17H16N4O3/c1-11-15(9-10-16-12(2)19-24-17(16)21(22)23)13(3)20(18-11)14-7-5-4-6-8-14/h4-10H,1-3H3/b10-9+. The van der Waals surface area contributed by atoms with Crippen molar-refractivity contribution < 1.29 is 9.45 Å². The van der Waals surface area contributed by atoms with Gasteiger partial charge < -0.3 is 0 Å². The van der Waals surface area contributed by atoms with Crippen LogP contribution >= 0.6 is 0 Å². The van der Waals surface area contributed by atoms with E-state index in [1.165, 1.54) is 0 Å². The molecule has 0 spiro atoms. The van der Waals surface area contributed by atoms with E-state index in [0.717, 1.165) is 22.6 Å². The van der Waals surface area contributed by atoms with E-state index in [-0.39, 0.29) is 5.88 Å². The Morgan fingerprint density at radius 2 is 1.75 bits per heavy atom. The molecule has 3 rings (SSSR count). The Kier molecular flexibility index (Phi) is 3.99. The fourth-order valence-corrected chi connectivity index (χ4v) is 2.57. The first kappa shape index (κ1) is 15.7. The fourth-order valence-electron chi connectivity index (χ4n) is 2.57. The van der Waals surface area contributed by atoms with E-state index >= 15 is 0 Å². The predicted octanol–water partition coefficient (Wildman–Crippen LogP) is 3.86.